The van der Waals surface area contributed by atoms with E-state index in [9.17, 15) is 4.79 Å². The molecule has 5 nitrogen and oxygen atoms in total. The highest BCUT2D eigenvalue weighted by atomic mass is 35.5. The predicted molar refractivity (Wildman–Crippen MR) is 95.7 cm³/mol. The molecule has 24 heavy (non-hydrogen) atoms. The molecule has 0 radical (unpaired) electrons. The van der Waals surface area contributed by atoms with Crippen LogP contribution in [0.15, 0.2) is 48.8 Å². The Bertz CT molecular complexity index is 691. The minimum absolute atomic E-state index is 0.0432. The molecule has 0 N–H and O–H groups in total. The number of benzene rings is 1. The van der Waals surface area contributed by atoms with Gasteiger partial charge in [-0.1, -0.05) is 29.8 Å². The Labute approximate surface area is 147 Å². The van der Waals surface area contributed by atoms with Crippen LogP contribution in [0, 0.1) is 0 Å². The molecule has 3 rings (SSSR count). The van der Waals surface area contributed by atoms with Gasteiger partial charge in [0.2, 0.25) is 5.91 Å². The summed E-state index contributed by atoms with van der Waals surface area (Å²) in [5.74, 6) is 0.0432. The highest BCUT2D eigenvalue weighted by molar-refractivity contribution is 6.32. The average molecular weight is 345 g/mol. The number of carbonyl (C=O) groups is 1. The van der Waals surface area contributed by atoms with Gasteiger partial charge >= 0.3 is 0 Å². The van der Waals surface area contributed by atoms with Gasteiger partial charge in [0.05, 0.1) is 6.54 Å². The number of amides is 1. The van der Waals surface area contributed by atoms with Gasteiger partial charge in [-0.2, -0.15) is 5.10 Å². The maximum atomic E-state index is 12.3. The molecule has 0 saturated carbocycles. The summed E-state index contributed by atoms with van der Waals surface area (Å²) in [6, 6.07) is 9.45. The number of carbonyl (C=O) groups excluding carboxylic acids is 1. The topological polar surface area (TPSA) is 41.4 Å². The Morgan fingerprint density at radius 2 is 1.92 bits per heavy atom. The predicted octanol–water partition coefficient (Wildman–Crippen LogP) is 2.39. The molecule has 1 saturated heterocycles. The highest BCUT2D eigenvalue weighted by Gasteiger charge is 2.19. The lowest BCUT2D eigenvalue weighted by Gasteiger charge is -2.34. The SMILES string of the molecule is O=C(C=Cc1ccccc1Cl)N1CCN(CCn2cccn2)CC1. The lowest BCUT2D eigenvalue weighted by atomic mass is 10.2. The molecule has 0 atom stereocenters. The van der Waals surface area contributed by atoms with Crippen molar-refractivity contribution >= 4 is 23.6 Å². The summed E-state index contributed by atoms with van der Waals surface area (Å²) in [4.78, 5) is 16.5. The number of piperazine rings is 1. The lowest BCUT2D eigenvalue weighted by Crippen LogP contribution is -2.48. The molecule has 0 bridgehead atoms. The smallest absolute Gasteiger partial charge is 0.246 e. The third-order valence-electron chi connectivity index (χ3n) is 4.20. The van der Waals surface area contributed by atoms with Crippen molar-refractivity contribution in [2.75, 3.05) is 32.7 Å². The van der Waals surface area contributed by atoms with Gasteiger partial charge in [0.25, 0.3) is 0 Å². The van der Waals surface area contributed by atoms with Crippen LogP contribution in [0.4, 0.5) is 0 Å². The lowest BCUT2D eigenvalue weighted by molar-refractivity contribution is -0.127. The zero-order valence-corrected chi connectivity index (χ0v) is 14.3. The summed E-state index contributed by atoms with van der Waals surface area (Å²) in [5.41, 5.74) is 0.866. The fraction of sp³-hybridized carbons (Fsp3) is 0.333. The minimum atomic E-state index is 0.0432. The summed E-state index contributed by atoms with van der Waals surface area (Å²) in [6.07, 6.45) is 7.16. The number of nitrogens with zero attached hydrogens (tertiary/aromatic N) is 4. The molecule has 1 aromatic carbocycles. The third kappa shape index (κ3) is 4.46. The second-order valence-electron chi connectivity index (χ2n) is 5.79. The van der Waals surface area contributed by atoms with Gasteiger partial charge in [-0.3, -0.25) is 14.4 Å². The number of rotatable bonds is 5. The molecular weight excluding hydrogens is 324 g/mol. The van der Waals surface area contributed by atoms with E-state index >= 15 is 0 Å². The van der Waals surface area contributed by atoms with Crippen molar-refractivity contribution in [1.29, 1.82) is 0 Å². The summed E-state index contributed by atoms with van der Waals surface area (Å²) in [5, 5.41) is 4.87. The standard InChI is InChI=1S/C18H21ClN4O/c19-17-5-2-1-4-16(17)6-7-18(24)22-13-10-21(11-14-22)12-15-23-9-3-8-20-23/h1-9H,10-15H2. The molecular formula is C18H21ClN4O. The van der Waals surface area contributed by atoms with Crippen LogP contribution in [0.2, 0.25) is 5.02 Å². The zero-order valence-electron chi connectivity index (χ0n) is 13.5. The van der Waals surface area contributed by atoms with Crippen molar-refractivity contribution in [3.8, 4) is 0 Å². The largest absolute Gasteiger partial charge is 0.337 e. The quantitative estimate of drug-likeness (QED) is 0.782. The molecule has 0 unspecified atom stereocenters. The monoisotopic (exact) mass is 344 g/mol. The second-order valence-corrected chi connectivity index (χ2v) is 6.20. The zero-order chi connectivity index (χ0) is 16.8. The van der Waals surface area contributed by atoms with E-state index in [1.54, 1.807) is 18.3 Å². The first kappa shape index (κ1) is 16.7. The van der Waals surface area contributed by atoms with Gasteiger partial charge < -0.3 is 4.90 Å². The Morgan fingerprint density at radius 1 is 1.12 bits per heavy atom. The maximum absolute atomic E-state index is 12.3. The molecule has 126 valence electrons. The number of hydrogen-bond donors (Lipinski definition) is 0. The Hall–Kier alpha value is -2.11. The van der Waals surface area contributed by atoms with E-state index in [1.807, 2.05) is 46.1 Å². The molecule has 1 aromatic heterocycles. The van der Waals surface area contributed by atoms with Gasteiger partial charge in [-0.25, -0.2) is 0 Å². The Morgan fingerprint density at radius 3 is 2.62 bits per heavy atom. The molecule has 1 aliphatic rings. The van der Waals surface area contributed by atoms with E-state index in [0.29, 0.717) is 5.02 Å². The van der Waals surface area contributed by atoms with Crippen molar-refractivity contribution < 1.29 is 4.79 Å². The molecule has 2 heterocycles. The number of halogens is 1. The fourth-order valence-electron chi connectivity index (χ4n) is 2.75. The van der Waals surface area contributed by atoms with Crippen molar-refractivity contribution in [2.24, 2.45) is 0 Å². The van der Waals surface area contributed by atoms with Gasteiger partial charge in [0, 0.05) is 56.2 Å². The summed E-state index contributed by atoms with van der Waals surface area (Å²) in [6.45, 7) is 5.14. The van der Waals surface area contributed by atoms with Crippen LogP contribution in [0.3, 0.4) is 0 Å². The van der Waals surface area contributed by atoms with E-state index in [0.717, 1.165) is 44.8 Å². The van der Waals surface area contributed by atoms with E-state index in [1.165, 1.54) is 0 Å². The van der Waals surface area contributed by atoms with E-state index in [2.05, 4.69) is 10.00 Å². The average Bonchev–Trinajstić information content (AvgIpc) is 3.13. The molecule has 1 aliphatic heterocycles. The second kappa shape index (κ2) is 8.13. The number of aromatic nitrogens is 2. The van der Waals surface area contributed by atoms with E-state index < -0.39 is 0 Å². The van der Waals surface area contributed by atoms with Crippen molar-refractivity contribution in [3.63, 3.8) is 0 Å². The van der Waals surface area contributed by atoms with Crippen LogP contribution < -0.4 is 0 Å². The van der Waals surface area contributed by atoms with Crippen LogP contribution in [0.5, 0.6) is 0 Å². The summed E-state index contributed by atoms with van der Waals surface area (Å²) >= 11 is 6.10. The molecule has 1 fully saturated rings. The first-order chi connectivity index (χ1) is 11.7. The summed E-state index contributed by atoms with van der Waals surface area (Å²) in [7, 11) is 0. The number of hydrogen-bond acceptors (Lipinski definition) is 3. The fourth-order valence-corrected chi connectivity index (χ4v) is 2.94. The van der Waals surface area contributed by atoms with Crippen molar-refractivity contribution in [3.05, 3.63) is 59.4 Å². The highest BCUT2D eigenvalue weighted by Crippen LogP contribution is 2.16. The van der Waals surface area contributed by atoms with E-state index in [4.69, 9.17) is 11.6 Å². The van der Waals surface area contributed by atoms with Crippen molar-refractivity contribution in [1.82, 2.24) is 19.6 Å². The molecule has 0 spiro atoms. The molecule has 2 aromatic rings. The normalized spacial score (nSPS) is 16.0. The van der Waals surface area contributed by atoms with Crippen LogP contribution in [-0.4, -0.2) is 58.2 Å². The van der Waals surface area contributed by atoms with Crippen molar-refractivity contribution in [2.45, 2.75) is 6.54 Å². The Balaban J connectivity index is 1.45. The molecule has 0 aliphatic carbocycles. The van der Waals surface area contributed by atoms with E-state index in [-0.39, 0.29) is 5.91 Å². The third-order valence-corrected chi connectivity index (χ3v) is 4.54. The minimum Gasteiger partial charge on any atom is -0.337 e. The van der Waals surface area contributed by atoms with Crippen LogP contribution in [-0.2, 0) is 11.3 Å². The first-order valence-corrected chi connectivity index (χ1v) is 8.51. The van der Waals surface area contributed by atoms with Crippen LogP contribution in [0.1, 0.15) is 5.56 Å². The first-order valence-electron chi connectivity index (χ1n) is 8.14. The van der Waals surface area contributed by atoms with Gasteiger partial charge in [-0.15, -0.1) is 0 Å². The van der Waals surface area contributed by atoms with Gasteiger partial charge in [0.15, 0.2) is 0 Å². The van der Waals surface area contributed by atoms with Crippen LogP contribution in [0.25, 0.3) is 6.08 Å². The van der Waals surface area contributed by atoms with Gasteiger partial charge in [0.1, 0.15) is 0 Å². The maximum Gasteiger partial charge on any atom is 0.246 e. The molecule has 1 amide bonds. The summed E-state index contributed by atoms with van der Waals surface area (Å²) < 4.78 is 1.93. The van der Waals surface area contributed by atoms with Gasteiger partial charge in [-0.05, 0) is 23.8 Å². The Kier molecular flexibility index (Phi) is 5.67. The molecule has 6 heteroatoms. The van der Waals surface area contributed by atoms with Crippen LogP contribution >= 0.6 is 11.6 Å².